The third-order valence-electron chi connectivity index (χ3n) is 2.91. The molecule has 2 rings (SSSR count). The molecule has 0 amide bonds. The minimum absolute atomic E-state index is 0.120. The smallest absolute Gasteiger partial charge is 0.261 e. The Bertz CT molecular complexity index is 677. The lowest BCUT2D eigenvalue weighted by Crippen LogP contribution is -2.30. The van der Waals surface area contributed by atoms with Crippen LogP contribution in [0.3, 0.4) is 0 Å². The van der Waals surface area contributed by atoms with Crippen LogP contribution in [0.5, 0.6) is 0 Å². The monoisotopic (exact) mass is 292 g/mol. The van der Waals surface area contributed by atoms with E-state index >= 15 is 0 Å². The molecule has 0 atom stereocenters. The van der Waals surface area contributed by atoms with Crippen molar-refractivity contribution in [3.05, 3.63) is 68.6 Å². The van der Waals surface area contributed by atoms with Gasteiger partial charge in [-0.3, -0.25) is 4.79 Å². The van der Waals surface area contributed by atoms with Crippen molar-refractivity contribution in [2.24, 2.45) is 5.73 Å². The lowest BCUT2D eigenvalue weighted by molar-refractivity contribution is 0.728. The van der Waals surface area contributed by atoms with E-state index in [9.17, 15) is 4.79 Å². The first-order chi connectivity index (χ1) is 8.99. The molecule has 3 nitrogen and oxygen atoms in total. The molecule has 1 aromatic heterocycles. The summed E-state index contributed by atoms with van der Waals surface area (Å²) in [6.45, 7) is 2.35. The van der Waals surface area contributed by atoms with Gasteiger partial charge in [0.1, 0.15) is 4.99 Å². The summed E-state index contributed by atoms with van der Waals surface area (Å²) in [5.74, 6) is 0. The minimum atomic E-state index is -0.164. The summed E-state index contributed by atoms with van der Waals surface area (Å²) in [6, 6.07) is 10.9. The maximum atomic E-state index is 12.3. The summed E-state index contributed by atoms with van der Waals surface area (Å²) < 4.78 is 1.65. The van der Waals surface area contributed by atoms with Crippen LogP contribution >= 0.6 is 23.8 Å². The largest absolute Gasteiger partial charge is 0.389 e. The number of rotatable bonds is 3. The normalized spacial score (nSPS) is 10.4. The molecular formula is C14H13ClN2OS. The Labute approximate surface area is 121 Å². The van der Waals surface area contributed by atoms with E-state index in [1.165, 1.54) is 0 Å². The van der Waals surface area contributed by atoms with Crippen molar-refractivity contribution in [2.75, 3.05) is 0 Å². The van der Waals surface area contributed by atoms with Crippen LogP contribution in [-0.4, -0.2) is 9.56 Å². The van der Waals surface area contributed by atoms with Crippen LogP contribution in [0.4, 0.5) is 0 Å². The van der Waals surface area contributed by atoms with Crippen LogP contribution in [0.15, 0.2) is 41.2 Å². The maximum Gasteiger partial charge on any atom is 0.261 e. The second kappa shape index (κ2) is 5.55. The fourth-order valence-corrected chi connectivity index (χ4v) is 2.11. The van der Waals surface area contributed by atoms with Crippen LogP contribution in [-0.2, 0) is 6.54 Å². The number of halogens is 1. The highest BCUT2D eigenvalue weighted by Gasteiger charge is 2.08. The van der Waals surface area contributed by atoms with E-state index in [1.807, 2.05) is 25.1 Å². The Morgan fingerprint density at radius 1 is 1.26 bits per heavy atom. The van der Waals surface area contributed by atoms with Gasteiger partial charge in [-0.05, 0) is 36.8 Å². The van der Waals surface area contributed by atoms with Crippen LogP contribution in [0, 0.1) is 6.92 Å². The summed E-state index contributed by atoms with van der Waals surface area (Å²) in [7, 11) is 0. The first-order valence-corrected chi connectivity index (χ1v) is 6.52. The van der Waals surface area contributed by atoms with Crippen molar-refractivity contribution in [3.63, 3.8) is 0 Å². The molecule has 1 aromatic carbocycles. The van der Waals surface area contributed by atoms with E-state index in [-0.39, 0.29) is 10.5 Å². The number of aromatic nitrogens is 1. The predicted molar refractivity (Wildman–Crippen MR) is 81.9 cm³/mol. The molecule has 0 saturated carbocycles. The molecule has 5 heteroatoms. The van der Waals surface area contributed by atoms with Gasteiger partial charge in [0.25, 0.3) is 5.56 Å². The first-order valence-electron chi connectivity index (χ1n) is 5.73. The molecule has 0 unspecified atom stereocenters. The number of aryl methyl sites for hydroxylation is 1. The molecule has 0 aliphatic carbocycles. The van der Waals surface area contributed by atoms with Crippen molar-refractivity contribution < 1.29 is 0 Å². The number of benzene rings is 1. The summed E-state index contributed by atoms with van der Waals surface area (Å²) in [5.41, 5.74) is 7.61. The second-order valence-electron chi connectivity index (χ2n) is 4.27. The van der Waals surface area contributed by atoms with Gasteiger partial charge < -0.3 is 10.3 Å². The molecule has 98 valence electrons. The molecule has 1 heterocycles. The molecule has 0 bridgehead atoms. The Morgan fingerprint density at radius 3 is 2.47 bits per heavy atom. The summed E-state index contributed by atoms with van der Waals surface area (Å²) in [4.78, 5) is 12.4. The molecule has 0 saturated heterocycles. The number of hydrogen-bond donors (Lipinski definition) is 1. The molecule has 0 radical (unpaired) electrons. The quantitative estimate of drug-likeness (QED) is 0.884. The van der Waals surface area contributed by atoms with Crippen LogP contribution in [0.1, 0.15) is 16.8 Å². The SMILES string of the molecule is Cc1ccc(C(N)=S)c(=O)n1Cc1ccc(Cl)cc1. The summed E-state index contributed by atoms with van der Waals surface area (Å²) in [5, 5.41) is 0.671. The average molecular weight is 293 g/mol. The molecule has 0 aliphatic rings. The van der Waals surface area contributed by atoms with Gasteiger partial charge in [-0.15, -0.1) is 0 Å². The number of thiocarbonyl (C=S) groups is 1. The van der Waals surface area contributed by atoms with Gasteiger partial charge in [0, 0.05) is 10.7 Å². The van der Waals surface area contributed by atoms with Crippen molar-refractivity contribution in [1.82, 2.24) is 4.57 Å². The van der Waals surface area contributed by atoms with Gasteiger partial charge in [-0.25, -0.2) is 0 Å². The van der Waals surface area contributed by atoms with Gasteiger partial charge in [-0.1, -0.05) is 36.0 Å². The van der Waals surface area contributed by atoms with E-state index in [4.69, 9.17) is 29.6 Å². The molecule has 2 aromatic rings. The van der Waals surface area contributed by atoms with E-state index in [0.717, 1.165) is 11.3 Å². The minimum Gasteiger partial charge on any atom is -0.389 e. The average Bonchev–Trinajstić information content (AvgIpc) is 2.36. The zero-order valence-corrected chi connectivity index (χ0v) is 12.0. The number of nitrogens with zero attached hydrogens (tertiary/aromatic N) is 1. The third-order valence-corrected chi connectivity index (χ3v) is 3.38. The highest BCUT2D eigenvalue weighted by molar-refractivity contribution is 7.80. The molecule has 19 heavy (non-hydrogen) atoms. The van der Waals surface area contributed by atoms with Crippen molar-refractivity contribution in [1.29, 1.82) is 0 Å². The Morgan fingerprint density at radius 2 is 1.89 bits per heavy atom. The lowest BCUT2D eigenvalue weighted by Gasteiger charge is -2.11. The standard InChI is InChI=1S/C14H13ClN2OS/c1-9-2-7-12(13(16)19)14(18)17(9)8-10-3-5-11(15)6-4-10/h2-7H,8H2,1H3,(H2,16,19). The fraction of sp³-hybridized carbons (Fsp3) is 0.143. The van der Waals surface area contributed by atoms with Crippen molar-refractivity contribution in [3.8, 4) is 0 Å². The van der Waals surface area contributed by atoms with Crippen LogP contribution < -0.4 is 11.3 Å². The van der Waals surface area contributed by atoms with Crippen molar-refractivity contribution >= 4 is 28.8 Å². The molecule has 0 aliphatic heterocycles. The predicted octanol–water partition coefficient (Wildman–Crippen LogP) is 2.49. The maximum absolute atomic E-state index is 12.3. The zero-order chi connectivity index (χ0) is 14.0. The van der Waals surface area contributed by atoms with E-state index in [1.54, 1.807) is 22.8 Å². The Hall–Kier alpha value is -1.65. The topological polar surface area (TPSA) is 48.0 Å². The van der Waals surface area contributed by atoms with Gasteiger partial charge in [0.15, 0.2) is 0 Å². The highest BCUT2D eigenvalue weighted by Crippen LogP contribution is 2.11. The van der Waals surface area contributed by atoms with Crippen molar-refractivity contribution in [2.45, 2.75) is 13.5 Å². The first kappa shape index (κ1) is 13.8. The number of nitrogens with two attached hydrogens (primary N) is 1. The Balaban J connectivity index is 2.45. The number of hydrogen-bond acceptors (Lipinski definition) is 2. The molecule has 2 N–H and O–H groups in total. The van der Waals surface area contributed by atoms with E-state index in [2.05, 4.69) is 0 Å². The van der Waals surface area contributed by atoms with Gasteiger partial charge in [0.2, 0.25) is 0 Å². The molecule has 0 spiro atoms. The third kappa shape index (κ3) is 3.03. The molecule has 0 fully saturated rings. The highest BCUT2D eigenvalue weighted by atomic mass is 35.5. The Kier molecular flexibility index (Phi) is 4.02. The number of pyridine rings is 1. The van der Waals surface area contributed by atoms with Gasteiger partial charge in [-0.2, -0.15) is 0 Å². The second-order valence-corrected chi connectivity index (χ2v) is 5.15. The zero-order valence-electron chi connectivity index (χ0n) is 10.4. The van der Waals surface area contributed by atoms with Gasteiger partial charge in [0.05, 0.1) is 12.1 Å². The van der Waals surface area contributed by atoms with Crippen LogP contribution in [0.25, 0.3) is 0 Å². The fourth-order valence-electron chi connectivity index (χ4n) is 1.83. The molecular weight excluding hydrogens is 280 g/mol. The van der Waals surface area contributed by atoms with E-state index in [0.29, 0.717) is 17.1 Å². The lowest BCUT2D eigenvalue weighted by atomic mass is 10.2. The van der Waals surface area contributed by atoms with E-state index < -0.39 is 0 Å². The summed E-state index contributed by atoms with van der Waals surface area (Å²) in [6.07, 6.45) is 0. The summed E-state index contributed by atoms with van der Waals surface area (Å²) >= 11 is 10.7. The van der Waals surface area contributed by atoms with Crippen LogP contribution in [0.2, 0.25) is 5.02 Å². The van der Waals surface area contributed by atoms with Gasteiger partial charge >= 0.3 is 0 Å².